The van der Waals surface area contributed by atoms with Crippen molar-refractivity contribution < 1.29 is 19.1 Å². The van der Waals surface area contributed by atoms with Crippen molar-refractivity contribution in [1.82, 2.24) is 4.90 Å². The Balaban J connectivity index is 1.48. The monoisotopic (exact) mass is 622 g/mol. The van der Waals surface area contributed by atoms with Crippen LogP contribution in [0.1, 0.15) is 56.8 Å². The molecule has 1 N–H and O–H groups in total. The van der Waals surface area contributed by atoms with Crippen LogP contribution in [0.5, 0.6) is 5.75 Å². The number of carbonyl (C=O) groups is 3. The van der Waals surface area contributed by atoms with E-state index in [1.807, 2.05) is 72.6 Å². The summed E-state index contributed by atoms with van der Waals surface area (Å²) in [6.07, 6.45) is 4.61. The smallest absolute Gasteiger partial charge is 0.238 e. The molecule has 1 saturated heterocycles. The zero-order chi connectivity index (χ0) is 30.6. The van der Waals surface area contributed by atoms with Crippen LogP contribution in [-0.4, -0.2) is 35.0 Å². The van der Waals surface area contributed by atoms with Gasteiger partial charge in [0.25, 0.3) is 0 Å². The van der Waals surface area contributed by atoms with Gasteiger partial charge in [0.2, 0.25) is 5.91 Å². The van der Waals surface area contributed by atoms with Gasteiger partial charge in [-0.05, 0) is 77.7 Å². The Labute approximate surface area is 265 Å². The molecule has 0 radical (unpaired) electrons. The lowest BCUT2D eigenvalue weighted by Crippen LogP contribution is -2.49. The van der Waals surface area contributed by atoms with E-state index >= 15 is 0 Å². The summed E-state index contributed by atoms with van der Waals surface area (Å²) in [5, 5.41) is 3.64. The van der Waals surface area contributed by atoms with Gasteiger partial charge in [0, 0.05) is 28.0 Å². The Morgan fingerprint density at radius 3 is 2.45 bits per heavy atom. The minimum Gasteiger partial charge on any atom is -0.494 e. The number of nitrogens with zero attached hydrogens (tertiary/aromatic N) is 1. The van der Waals surface area contributed by atoms with Crippen LogP contribution in [0.25, 0.3) is 6.08 Å². The van der Waals surface area contributed by atoms with E-state index in [0.717, 1.165) is 17.5 Å². The van der Waals surface area contributed by atoms with Gasteiger partial charge in [0.15, 0.2) is 11.6 Å². The molecule has 44 heavy (non-hydrogen) atoms. The molecular formula is C36H28Cl2N2O4. The van der Waals surface area contributed by atoms with E-state index in [-0.39, 0.29) is 28.1 Å². The van der Waals surface area contributed by atoms with Crippen molar-refractivity contribution >= 4 is 52.4 Å². The third-order valence-corrected chi connectivity index (χ3v) is 9.48. The molecule has 1 spiro atoms. The minimum atomic E-state index is -1.43. The molecule has 8 heteroatoms. The number of hydrogen-bond acceptors (Lipinski definition) is 5. The zero-order valence-corrected chi connectivity index (χ0v) is 25.3. The molecule has 1 amide bonds. The van der Waals surface area contributed by atoms with E-state index < -0.39 is 23.4 Å². The summed E-state index contributed by atoms with van der Waals surface area (Å²) in [6, 6.07) is 25.2. The molecule has 1 fully saturated rings. The topological polar surface area (TPSA) is 75.7 Å². The first-order valence-corrected chi connectivity index (χ1v) is 15.3. The fraction of sp³-hybridized carbons (Fsp3) is 0.194. The third-order valence-electron chi connectivity index (χ3n) is 8.93. The van der Waals surface area contributed by atoms with Gasteiger partial charge in [0.1, 0.15) is 17.2 Å². The lowest BCUT2D eigenvalue weighted by molar-refractivity contribution is -0.122. The maximum Gasteiger partial charge on any atom is 0.238 e. The Hall–Kier alpha value is -4.39. The maximum absolute atomic E-state index is 15.0. The van der Waals surface area contributed by atoms with Gasteiger partial charge in [-0.15, -0.1) is 0 Å². The molecule has 6 nitrogen and oxygen atoms in total. The van der Waals surface area contributed by atoms with Crippen molar-refractivity contribution in [3.8, 4) is 5.75 Å². The summed E-state index contributed by atoms with van der Waals surface area (Å²) in [7, 11) is 0. The van der Waals surface area contributed by atoms with Crippen molar-refractivity contribution in [2.75, 3.05) is 11.9 Å². The molecule has 0 saturated carbocycles. The standard InChI is InChI=1S/C36H28Cl2N2O4/c1-2-19-44-24-14-11-22(12-15-24)32(41)30-31(33(42)26-16-13-23(37)20-28(26)38)40-18-17-21-7-3-4-8-25(21)34(40)36(30)27-9-5-6-10-29(27)39-35(36)43/h3-18,20,30-31,34H,2,19H2,1H3,(H,39,43)/t30-,31+,34-,36-/m1/s1. The molecule has 4 aromatic carbocycles. The number of carbonyl (C=O) groups excluding carboxylic acids is 3. The first-order valence-electron chi connectivity index (χ1n) is 14.6. The fourth-order valence-electron chi connectivity index (χ4n) is 7.13. The molecule has 4 aromatic rings. The number of hydrogen-bond donors (Lipinski definition) is 1. The second-order valence-corrected chi connectivity index (χ2v) is 12.2. The molecule has 0 unspecified atom stereocenters. The summed E-state index contributed by atoms with van der Waals surface area (Å²) in [4.78, 5) is 46.1. The highest BCUT2D eigenvalue weighted by atomic mass is 35.5. The minimum absolute atomic E-state index is 0.182. The summed E-state index contributed by atoms with van der Waals surface area (Å²) in [5.41, 5.74) is 2.29. The summed E-state index contributed by atoms with van der Waals surface area (Å²) >= 11 is 12.8. The van der Waals surface area contributed by atoms with Crippen molar-refractivity contribution in [1.29, 1.82) is 0 Å². The SMILES string of the molecule is CCCOc1ccc(C(=O)[C@H]2[C@@H](C(=O)c3ccc(Cl)cc3Cl)N3C=Cc4ccccc4[C@@H]3[C@]23C(=O)Nc2ccccc23)cc1. The van der Waals surface area contributed by atoms with Gasteiger partial charge >= 0.3 is 0 Å². The predicted octanol–water partition coefficient (Wildman–Crippen LogP) is 7.76. The lowest BCUT2D eigenvalue weighted by Gasteiger charge is -2.38. The van der Waals surface area contributed by atoms with Crippen molar-refractivity contribution in [2.24, 2.45) is 5.92 Å². The quantitative estimate of drug-likeness (QED) is 0.213. The second kappa shape index (κ2) is 11.0. The first kappa shape index (κ1) is 28.4. The Kier molecular flexibility index (Phi) is 7.07. The van der Waals surface area contributed by atoms with Crippen molar-refractivity contribution in [3.05, 3.63) is 135 Å². The molecule has 3 aliphatic rings. The molecule has 3 heterocycles. The Bertz CT molecular complexity index is 1850. The number of rotatable bonds is 7. The number of Topliss-reactive ketones (excluding diaryl/α,β-unsaturated/α-hetero) is 2. The van der Waals surface area contributed by atoms with Crippen LogP contribution in [-0.2, 0) is 10.2 Å². The fourth-order valence-corrected chi connectivity index (χ4v) is 7.63. The van der Waals surface area contributed by atoms with E-state index in [9.17, 15) is 14.4 Å². The molecular weight excluding hydrogens is 595 g/mol. The number of halogens is 2. The first-order chi connectivity index (χ1) is 21.4. The van der Waals surface area contributed by atoms with Crippen LogP contribution in [0.3, 0.4) is 0 Å². The van der Waals surface area contributed by atoms with E-state index in [1.165, 1.54) is 6.07 Å². The highest BCUT2D eigenvalue weighted by molar-refractivity contribution is 6.37. The van der Waals surface area contributed by atoms with Crippen LogP contribution < -0.4 is 10.1 Å². The number of anilines is 1. The molecule has 7 rings (SSSR count). The zero-order valence-electron chi connectivity index (χ0n) is 23.8. The van der Waals surface area contributed by atoms with Crippen molar-refractivity contribution in [2.45, 2.75) is 30.8 Å². The third kappa shape index (κ3) is 4.20. The number of ketones is 2. The Morgan fingerprint density at radius 2 is 1.68 bits per heavy atom. The van der Waals surface area contributed by atoms with E-state index in [0.29, 0.717) is 34.2 Å². The number of amides is 1. The molecule has 3 aliphatic heterocycles. The predicted molar refractivity (Wildman–Crippen MR) is 171 cm³/mol. The summed E-state index contributed by atoms with van der Waals surface area (Å²) in [5.74, 6) is -1.46. The van der Waals surface area contributed by atoms with Crippen LogP contribution >= 0.6 is 23.2 Å². The number of para-hydroxylation sites is 1. The summed E-state index contributed by atoms with van der Waals surface area (Å²) in [6.45, 7) is 2.57. The molecule has 0 aliphatic carbocycles. The second-order valence-electron chi connectivity index (χ2n) is 11.3. The molecule has 0 bridgehead atoms. The molecule has 220 valence electrons. The normalized spacial score (nSPS) is 22.8. The average molecular weight is 624 g/mol. The van der Waals surface area contributed by atoms with Crippen LogP contribution in [0, 0.1) is 5.92 Å². The number of nitrogens with one attached hydrogen (secondary N) is 1. The van der Waals surface area contributed by atoms with Crippen molar-refractivity contribution in [3.63, 3.8) is 0 Å². The van der Waals surface area contributed by atoms with E-state index in [2.05, 4.69) is 5.32 Å². The summed E-state index contributed by atoms with van der Waals surface area (Å²) < 4.78 is 5.76. The lowest BCUT2D eigenvalue weighted by atomic mass is 9.62. The highest BCUT2D eigenvalue weighted by Gasteiger charge is 2.70. The maximum atomic E-state index is 15.0. The number of fused-ring (bicyclic) bond motifs is 6. The van der Waals surface area contributed by atoms with E-state index in [4.69, 9.17) is 27.9 Å². The molecule has 4 atom stereocenters. The van der Waals surface area contributed by atoms with Gasteiger partial charge in [0.05, 0.1) is 23.6 Å². The van der Waals surface area contributed by atoms with E-state index in [1.54, 1.807) is 36.4 Å². The van der Waals surface area contributed by atoms with Crippen LogP contribution in [0.2, 0.25) is 10.0 Å². The average Bonchev–Trinajstić information content (AvgIpc) is 3.51. The Morgan fingerprint density at radius 1 is 0.932 bits per heavy atom. The number of ether oxygens (including phenoxy) is 1. The molecule has 0 aromatic heterocycles. The van der Waals surface area contributed by atoms with Gasteiger partial charge in [-0.1, -0.05) is 72.6 Å². The van der Waals surface area contributed by atoms with Gasteiger partial charge in [-0.3, -0.25) is 14.4 Å². The van der Waals surface area contributed by atoms with Gasteiger partial charge in [-0.2, -0.15) is 0 Å². The highest BCUT2D eigenvalue weighted by Crippen LogP contribution is 2.62. The number of benzene rings is 4. The van der Waals surface area contributed by atoms with Gasteiger partial charge in [-0.25, -0.2) is 0 Å². The van der Waals surface area contributed by atoms with Gasteiger partial charge < -0.3 is 15.0 Å². The van der Waals surface area contributed by atoms with Crippen LogP contribution in [0.4, 0.5) is 5.69 Å². The largest absolute Gasteiger partial charge is 0.494 e. The van der Waals surface area contributed by atoms with Crippen LogP contribution in [0.15, 0.2) is 97.2 Å².